The van der Waals surface area contributed by atoms with Gasteiger partial charge in [-0.2, -0.15) is 5.26 Å². The molecule has 5 rings (SSSR count). The minimum absolute atomic E-state index is 0.104. The van der Waals surface area contributed by atoms with Crippen LogP contribution in [0.15, 0.2) is 89.5 Å². The summed E-state index contributed by atoms with van der Waals surface area (Å²) >= 11 is 2.77. The number of carbonyl (C=O) groups is 3. The van der Waals surface area contributed by atoms with Crippen LogP contribution in [0.2, 0.25) is 0 Å². The molecule has 1 unspecified atom stereocenters. The summed E-state index contributed by atoms with van der Waals surface area (Å²) in [5.74, 6) is -1.26. The SMILES string of the molecule is CC1CCc2c(sc(NC(=O)CSc3cccc(NC(=O)/C(=C/c4ccccc4F)NC(=O)c4ccccc4)c3)c2C#N)C1. The molecule has 1 aromatic heterocycles. The van der Waals surface area contributed by atoms with E-state index in [0.717, 1.165) is 29.7 Å². The molecule has 1 aliphatic rings. The third-order valence-electron chi connectivity index (χ3n) is 7.07. The molecule has 222 valence electrons. The van der Waals surface area contributed by atoms with Crippen molar-refractivity contribution in [3.63, 3.8) is 0 Å². The monoisotopic (exact) mass is 624 g/mol. The predicted molar refractivity (Wildman–Crippen MR) is 173 cm³/mol. The van der Waals surface area contributed by atoms with Crippen molar-refractivity contribution >= 4 is 57.6 Å². The molecule has 1 aliphatic carbocycles. The largest absolute Gasteiger partial charge is 0.321 e. The lowest BCUT2D eigenvalue weighted by Gasteiger charge is -2.17. The molecule has 0 aliphatic heterocycles. The van der Waals surface area contributed by atoms with Crippen molar-refractivity contribution in [3.05, 3.63) is 118 Å². The predicted octanol–water partition coefficient (Wildman–Crippen LogP) is 7.02. The molecule has 3 aromatic carbocycles. The highest BCUT2D eigenvalue weighted by atomic mass is 32.2. The molecule has 3 amide bonds. The second-order valence-corrected chi connectivity index (χ2v) is 12.5. The van der Waals surface area contributed by atoms with Crippen LogP contribution < -0.4 is 16.0 Å². The van der Waals surface area contributed by atoms with E-state index >= 15 is 0 Å². The minimum Gasteiger partial charge on any atom is -0.321 e. The van der Waals surface area contributed by atoms with E-state index in [-0.39, 0.29) is 22.9 Å². The van der Waals surface area contributed by atoms with E-state index < -0.39 is 17.6 Å². The van der Waals surface area contributed by atoms with E-state index in [1.807, 2.05) is 6.07 Å². The first kappa shape index (κ1) is 30.7. The molecular formula is C34H29FN4O3S2. The van der Waals surface area contributed by atoms with Gasteiger partial charge in [0.2, 0.25) is 5.91 Å². The maximum atomic E-state index is 14.4. The standard InChI is InChI=1S/C34H29FN4O3S2/c1-21-14-15-26-27(19-36)34(44-30(26)16-21)39-31(40)20-43-25-12-7-11-24(18-25)37-33(42)29(17-23-10-5-6-13-28(23)35)38-32(41)22-8-3-2-4-9-22/h2-13,17-18,21H,14-16,20H2,1H3,(H,37,42)(H,38,41)(H,39,40)/b29-17-. The first-order valence-electron chi connectivity index (χ1n) is 14.0. The fourth-order valence-electron chi connectivity index (χ4n) is 4.82. The maximum Gasteiger partial charge on any atom is 0.272 e. The zero-order chi connectivity index (χ0) is 31.1. The van der Waals surface area contributed by atoms with Crippen LogP contribution in [0, 0.1) is 23.1 Å². The number of benzene rings is 3. The summed E-state index contributed by atoms with van der Waals surface area (Å²) in [4.78, 5) is 40.9. The van der Waals surface area contributed by atoms with Gasteiger partial charge in [-0.15, -0.1) is 23.1 Å². The zero-order valence-corrected chi connectivity index (χ0v) is 25.5. The Morgan fingerprint density at radius 3 is 2.59 bits per heavy atom. The number of nitrogens with one attached hydrogen (secondary N) is 3. The van der Waals surface area contributed by atoms with Crippen molar-refractivity contribution in [2.24, 2.45) is 5.92 Å². The summed E-state index contributed by atoms with van der Waals surface area (Å²) in [5, 5.41) is 18.6. The molecule has 0 saturated heterocycles. The number of thiophene rings is 1. The summed E-state index contributed by atoms with van der Waals surface area (Å²) in [7, 11) is 0. The Morgan fingerprint density at radius 1 is 1.05 bits per heavy atom. The number of fused-ring (bicyclic) bond motifs is 1. The summed E-state index contributed by atoms with van der Waals surface area (Å²) in [5.41, 5.74) is 2.41. The number of thioether (sulfide) groups is 1. The van der Waals surface area contributed by atoms with Crippen LogP contribution >= 0.6 is 23.1 Å². The fraction of sp³-hybridized carbons (Fsp3) is 0.176. The van der Waals surface area contributed by atoms with Gasteiger partial charge in [-0.25, -0.2) is 4.39 Å². The average Bonchev–Trinajstić information content (AvgIpc) is 3.36. The van der Waals surface area contributed by atoms with E-state index in [9.17, 15) is 24.0 Å². The number of rotatable bonds is 9. The number of amides is 3. The number of carbonyl (C=O) groups excluding carboxylic acids is 3. The number of hydrogen-bond donors (Lipinski definition) is 3. The lowest BCUT2D eigenvalue weighted by molar-refractivity contribution is -0.114. The number of nitrogens with zero attached hydrogens (tertiary/aromatic N) is 1. The lowest BCUT2D eigenvalue weighted by Crippen LogP contribution is -2.30. The molecule has 44 heavy (non-hydrogen) atoms. The van der Waals surface area contributed by atoms with Gasteiger partial charge < -0.3 is 16.0 Å². The summed E-state index contributed by atoms with van der Waals surface area (Å²) < 4.78 is 14.4. The Labute approximate surface area is 263 Å². The molecule has 0 saturated carbocycles. The highest BCUT2D eigenvalue weighted by Crippen LogP contribution is 2.39. The highest BCUT2D eigenvalue weighted by Gasteiger charge is 2.24. The normalized spacial score (nSPS) is 14.2. The number of halogens is 1. The fourth-order valence-corrected chi connectivity index (χ4v) is 6.95. The number of nitriles is 1. The van der Waals surface area contributed by atoms with Gasteiger partial charge >= 0.3 is 0 Å². The summed E-state index contributed by atoms with van der Waals surface area (Å²) in [6, 6.07) is 23.6. The van der Waals surface area contributed by atoms with Crippen molar-refractivity contribution in [3.8, 4) is 6.07 Å². The molecule has 0 spiro atoms. The molecule has 3 N–H and O–H groups in total. The van der Waals surface area contributed by atoms with Crippen molar-refractivity contribution in [2.45, 2.75) is 31.1 Å². The molecule has 10 heteroatoms. The zero-order valence-electron chi connectivity index (χ0n) is 23.9. The first-order valence-corrected chi connectivity index (χ1v) is 15.8. The van der Waals surface area contributed by atoms with E-state index in [4.69, 9.17) is 0 Å². The van der Waals surface area contributed by atoms with E-state index in [1.54, 1.807) is 54.6 Å². The van der Waals surface area contributed by atoms with Crippen LogP contribution in [-0.4, -0.2) is 23.5 Å². The number of anilines is 2. The van der Waals surface area contributed by atoms with Crippen molar-refractivity contribution in [1.29, 1.82) is 5.26 Å². The Morgan fingerprint density at radius 2 is 1.82 bits per heavy atom. The van der Waals surface area contributed by atoms with Crippen molar-refractivity contribution in [1.82, 2.24) is 5.32 Å². The molecule has 1 atom stereocenters. The van der Waals surface area contributed by atoms with Gasteiger partial charge in [0.25, 0.3) is 11.8 Å². The van der Waals surface area contributed by atoms with Gasteiger partial charge in [0, 0.05) is 26.6 Å². The van der Waals surface area contributed by atoms with E-state index in [0.29, 0.717) is 27.7 Å². The Hall–Kier alpha value is -4.72. The average molecular weight is 625 g/mol. The second-order valence-electron chi connectivity index (χ2n) is 10.4. The maximum absolute atomic E-state index is 14.4. The van der Waals surface area contributed by atoms with E-state index in [1.165, 1.54) is 52.3 Å². The molecule has 7 nitrogen and oxygen atoms in total. The van der Waals surface area contributed by atoms with Crippen molar-refractivity contribution < 1.29 is 18.8 Å². The summed E-state index contributed by atoms with van der Waals surface area (Å²) in [6.45, 7) is 2.20. The van der Waals surface area contributed by atoms with Crippen LogP contribution in [0.25, 0.3) is 6.08 Å². The topological polar surface area (TPSA) is 111 Å². The molecule has 0 bridgehead atoms. The van der Waals surface area contributed by atoms with Crippen LogP contribution in [0.4, 0.5) is 15.1 Å². The van der Waals surface area contributed by atoms with Crippen LogP contribution in [0.1, 0.15) is 45.3 Å². The van der Waals surface area contributed by atoms with Gasteiger partial charge in [0.05, 0.1) is 11.3 Å². The van der Waals surface area contributed by atoms with Crippen molar-refractivity contribution in [2.75, 3.05) is 16.4 Å². The molecular weight excluding hydrogens is 596 g/mol. The molecule has 0 fully saturated rings. The second kappa shape index (κ2) is 14.2. The third-order valence-corrected chi connectivity index (χ3v) is 9.24. The minimum atomic E-state index is -0.641. The Balaban J connectivity index is 1.26. The van der Waals surface area contributed by atoms with Crippen LogP contribution in [0.3, 0.4) is 0 Å². The Bertz CT molecular complexity index is 1780. The van der Waals surface area contributed by atoms with Gasteiger partial charge in [-0.1, -0.05) is 49.4 Å². The first-order chi connectivity index (χ1) is 21.3. The molecule has 1 heterocycles. The smallest absolute Gasteiger partial charge is 0.272 e. The van der Waals surface area contributed by atoms with Gasteiger partial charge in [-0.05, 0) is 73.2 Å². The van der Waals surface area contributed by atoms with Crippen LogP contribution in [0.5, 0.6) is 0 Å². The van der Waals surface area contributed by atoms with E-state index in [2.05, 4.69) is 28.9 Å². The number of hydrogen-bond acceptors (Lipinski definition) is 6. The third kappa shape index (κ3) is 7.61. The molecule has 4 aromatic rings. The van der Waals surface area contributed by atoms with Gasteiger partial charge in [0.1, 0.15) is 22.6 Å². The lowest BCUT2D eigenvalue weighted by atomic mass is 9.89. The molecule has 0 radical (unpaired) electrons. The highest BCUT2D eigenvalue weighted by molar-refractivity contribution is 8.00. The Kier molecular flexibility index (Phi) is 9.89. The summed E-state index contributed by atoms with van der Waals surface area (Å²) in [6.07, 6.45) is 4.10. The van der Waals surface area contributed by atoms with Gasteiger partial charge in [0.15, 0.2) is 0 Å². The van der Waals surface area contributed by atoms with Gasteiger partial charge in [-0.3, -0.25) is 14.4 Å². The quantitative estimate of drug-likeness (QED) is 0.137. The van der Waals surface area contributed by atoms with Crippen LogP contribution in [-0.2, 0) is 22.4 Å².